The minimum absolute atomic E-state index is 0.0750. The van der Waals surface area contributed by atoms with Crippen LogP contribution in [0.5, 0.6) is 0 Å². The number of nitrogens with one attached hydrogen (secondary N) is 4. The monoisotopic (exact) mass is 252 g/mol. The minimum Gasteiger partial charge on any atom is -0.352 e. The Morgan fingerprint density at radius 1 is 1.44 bits per heavy atom. The highest BCUT2D eigenvalue weighted by Gasteiger charge is 2.15. The van der Waals surface area contributed by atoms with Crippen molar-refractivity contribution in [1.82, 2.24) is 20.6 Å². The first kappa shape index (κ1) is 12.6. The number of H-pyrrole nitrogens is 2. The van der Waals surface area contributed by atoms with Crippen LogP contribution in [0.15, 0.2) is 15.8 Å². The van der Waals surface area contributed by atoms with E-state index in [9.17, 15) is 14.4 Å². The van der Waals surface area contributed by atoms with Gasteiger partial charge < -0.3 is 15.6 Å². The molecule has 0 spiro atoms. The Bertz CT molecular complexity index is 528. The fourth-order valence-corrected chi connectivity index (χ4v) is 2.04. The van der Waals surface area contributed by atoms with Gasteiger partial charge in [-0.3, -0.25) is 14.6 Å². The van der Waals surface area contributed by atoms with Crippen LogP contribution in [-0.4, -0.2) is 35.0 Å². The third-order valence-corrected chi connectivity index (χ3v) is 3.00. The third kappa shape index (κ3) is 3.07. The summed E-state index contributed by atoms with van der Waals surface area (Å²) in [5.41, 5.74) is -1.36. The highest BCUT2D eigenvalue weighted by atomic mass is 16.2. The summed E-state index contributed by atoms with van der Waals surface area (Å²) in [6.45, 7) is 1.53. The number of carbonyl (C=O) groups excluding carboxylic acids is 1. The molecule has 4 N–H and O–H groups in total. The van der Waals surface area contributed by atoms with E-state index in [0.29, 0.717) is 12.6 Å². The largest absolute Gasteiger partial charge is 0.352 e. The van der Waals surface area contributed by atoms with E-state index in [4.69, 9.17) is 0 Å². The van der Waals surface area contributed by atoms with Gasteiger partial charge in [-0.1, -0.05) is 0 Å². The molecule has 1 amide bonds. The molecule has 0 aromatic carbocycles. The summed E-state index contributed by atoms with van der Waals surface area (Å²) in [4.78, 5) is 38.1. The SMILES string of the molecule is O=C(NCC[C@H]1CCCN1)c1c[nH]c(=O)[nH]c1=O. The summed E-state index contributed by atoms with van der Waals surface area (Å²) in [5, 5.41) is 5.99. The molecule has 7 nitrogen and oxygen atoms in total. The molecule has 1 aromatic rings. The van der Waals surface area contributed by atoms with E-state index >= 15 is 0 Å². The molecular formula is C11H16N4O3. The van der Waals surface area contributed by atoms with Gasteiger partial charge in [0, 0.05) is 18.8 Å². The smallest absolute Gasteiger partial charge is 0.325 e. The summed E-state index contributed by atoms with van der Waals surface area (Å²) in [6, 6.07) is 0.444. The van der Waals surface area contributed by atoms with Crippen molar-refractivity contribution in [3.05, 3.63) is 32.6 Å². The molecule has 2 rings (SSSR count). The second-order valence-corrected chi connectivity index (χ2v) is 4.32. The second kappa shape index (κ2) is 5.63. The highest BCUT2D eigenvalue weighted by molar-refractivity contribution is 5.93. The Morgan fingerprint density at radius 2 is 2.28 bits per heavy atom. The summed E-state index contributed by atoms with van der Waals surface area (Å²) >= 11 is 0. The first-order chi connectivity index (χ1) is 8.66. The van der Waals surface area contributed by atoms with Crippen LogP contribution in [0.1, 0.15) is 29.6 Å². The third-order valence-electron chi connectivity index (χ3n) is 3.00. The number of hydrogen-bond acceptors (Lipinski definition) is 4. The van der Waals surface area contributed by atoms with Gasteiger partial charge in [-0.25, -0.2) is 4.79 Å². The Kier molecular flexibility index (Phi) is 3.93. The van der Waals surface area contributed by atoms with Crippen LogP contribution in [0.4, 0.5) is 0 Å². The lowest BCUT2D eigenvalue weighted by molar-refractivity contribution is 0.0950. The van der Waals surface area contributed by atoms with E-state index in [1.807, 2.05) is 4.98 Å². The molecule has 0 aliphatic carbocycles. The van der Waals surface area contributed by atoms with Crippen molar-refractivity contribution in [2.45, 2.75) is 25.3 Å². The van der Waals surface area contributed by atoms with Gasteiger partial charge >= 0.3 is 5.69 Å². The lowest BCUT2D eigenvalue weighted by atomic mass is 10.1. The van der Waals surface area contributed by atoms with Gasteiger partial charge in [0.15, 0.2) is 0 Å². The van der Waals surface area contributed by atoms with Crippen molar-refractivity contribution < 1.29 is 4.79 Å². The predicted octanol–water partition coefficient (Wildman–Crippen LogP) is -1.06. The van der Waals surface area contributed by atoms with Crippen LogP contribution in [0, 0.1) is 0 Å². The second-order valence-electron chi connectivity index (χ2n) is 4.32. The van der Waals surface area contributed by atoms with Gasteiger partial charge in [-0.05, 0) is 25.8 Å². The van der Waals surface area contributed by atoms with E-state index in [2.05, 4.69) is 15.6 Å². The van der Waals surface area contributed by atoms with E-state index in [1.165, 1.54) is 0 Å². The number of rotatable bonds is 4. The van der Waals surface area contributed by atoms with Gasteiger partial charge in [-0.2, -0.15) is 0 Å². The predicted molar refractivity (Wildman–Crippen MR) is 65.7 cm³/mol. The Hall–Kier alpha value is -1.89. The molecule has 98 valence electrons. The molecule has 1 aliphatic heterocycles. The number of aromatic amines is 2. The van der Waals surface area contributed by atoms with Crippen molar-refractivity contribution in [2.75, 3.05) is 13.1 Å². The minimum atomic E-state index is -0.671. The van der Waals surface area contributed by atoms with E-state index in [1.54, 1.807) is 0 Å². The topological polar surface area (TPSA) is 107 Å². The van der Waals surface area contributed by atoms with Crippen LogP contribution in [0.3, 0.4) is 0 Å². The maximum Gasteiger partial charge on any atom is 0.325 e. The van der Waals surface area contributed by atoms with Gasteiger partial charge in [0.1, 0.15) is 5.56 Å². The van der Waals surface area contributed by atoms with Crippen molar-refractivity contribution in [1.29, 1.82) is 0 Å². The normalized spacial score (nSPS) is 18.8. The molecule has 0 unspecified atom stereocenters. The Morgan fingerprint density at radius 3 is 2.94 bits per heavy atom. The van der Waals surface area contributed by atoms with Gasteiger partial charge in [-0.15, -0.1) is 0 Å². The lowest BCUT2D eigenvalue weighted by Crippen LogP contribution is -2.35. The molecule has 18 heavy (non-hydrogen) atoms. The van der Waals surface area contributed by atoms with Crippen molar-refractivity contribution >= 4 is 5.91 Å². The molecule has 1 saturated heterocycles. The fraction of sp³-hybridized carbons (Fsp3) is 0.545. The van der Waals surface area contributed by atoms with E-state index in [0.717, 1.165) is 32.0 Å². The molecule has 1 aliphatic rings. The lowest BCUT2D eigenvalue weighted by Gasteiger charge is -2.10. The van der Waals surface area contributed by atoms with Crippen LogP contribution in [-0.2, 0) is 0 Å². The maximum atomic E-state index is 11.7. The molecule has 1 aromatic heterocycles. The van der Waals surface area contributed by atoms with Gasteiger partial charge in [0.25, 0.3) is 11.5 Å². The average Bonchev–Trinajstić information content (AvgIpc) is 2.81. The van der Waals surface area contributed by atoms with E-state index in [-0.39, 0.29) is 5.56 Å². The van der Waals surface area contributed by atoms with Crippen LogP contribution >= 0.6 is 0 Å². The number of amides is 1. The number of aromatic nitrogens is 2. The summed E-state index contributed by atoms with van der Waals surface area (Å²) in [7, 11) is 0. The van der Waals surface area contributed by atoms with Crippen molar-refractivity contribution in [2.24, 2.45) is 0 Å². The first-order valence-corrected chi connectivity index (χ1v) is 6.00. The summed E-state index contributed by atoms with van der Waals surface area (Å²) in [5.74, 6) is -0.467. The first-order valence-electron chi connectivity index (χ1n) is 6.00. The average molecular weight is 252 g/mol. The Labute approximate surface area is 103 Å². The standard InChI is InChI=1S/C11H16N4O3/c16-9(8-6-14-11(18)15-10(8)17)13-5-3-7-2-1-4-12-7/h6-7,12H,1-5H2,(H,13,16)(H2,14,15,17,18)/t7-/m1/s1. The summed E-state index contributed by atoms with van der Waals surface area (Å²) < 4.78 is 0. The molecule has 7 heteroatoms. The van der Waals surface area contributed by atoms with E-state index < -0.39 is 17.2 Å². The molecule has 0 bridgehead atoms. The Balaban J connectivity index is 1.87. The zero-order valence-electron chi connectivity index (χ0n) is 9.91. The highest BCUT2D eigenvalue weighted by Crippen LogP contribution is 2.07. The van der Waals surface area contributed by atoms with Crippen molar-refractivity contribution in [3.63, 3.8) is 0 Å². The van der Waals surface area contributed by atoms with Crippen LogP contribution in [0.25, 0.3) is 0 Å². The van der Waals surface area contributed by atoms with Gasteiger partial charge in [0.2, 0.25) is 0 Å². The number of carbonyl (C=O) groups is 1. The quantitative estimate of drug-likeness (QED) is 0.547. The van der Waals surface area contributed by atoms with Crippen LogP contribution in [0.2, 0.25) is 0 Å². The molecule has 1 atom stereocenters. The molecule has 2 heterocycles. The molecule has 1 fully saturated rings. The van der Waals surface area contributed by atoms with Crippen LogP contribution < -0.4 is 21.9 Å². The zero-order valence-corrected chi connectivity index (χ0v) is 9.91. The summed E-state index contributed by atoms with van der Waals surface area (Å²) in [6.07, 6.45) is 4.25. The molecule has 0 saturated carbocycles. The maximum absolute atomic E-state index is 11.7. The zero-order chi connectivity index (χ0) is 13.0. The fourth-order valence-electron chi connectivity index (χ4n) is 2.04. The number of hydrogen-bond donors (Lipinski definition) is 4. The molecular weight excluding hydrogens is 236 g/mol. The molecule has 0 radical (unpaired) electrons. The van der Waals surface area contributed by atoms with Gasteiger partial charge in [0.05, 0.1) is 0 Å². The van der Waals surface area contributed by atoms with Crippen molar-refractivity contribution in [3.8, 4) is 0 Å².